The second-order valence-electron chi connectivity index (χ2n) is 6.63. The molecule has 2 heterocycles. The first-order chi connectivity index (χ1) is 12.3. The van der Waals surface area contributed by atoms with Gasteiger partial charge in [0.25, 0.3) is 0 Å². The highest BCUT2D eigenvalue weighted by Crippen LogP contribution is 2.34. The van der Waals surface area contributed by atoms with Gasteiger partial charge in [-0.25, -0.2) is 0 Å². The number of ketones is 1. The topological polar surface area (TPSA) is 38.8 Å². The molecule has 1 unspecified atom stereocenters. The van der Waals surface area contributed by atoms with E-state index < -0.39 is 0 Å². The van der Waals surface area contributed by atoms with Crippen molar-refractivity contribution in [3.8, 4) is 11.5 Å². The number of hydrogen-bond donors (Lipinski definition) is 0. The first-order valence-electron chi connectivity index (χ1n) is 9.06. The minimum atomic E-state index is -0.232. The molecule has 1 fully saturated rings. The van der Waals surface area contributed by atoms with Gasteiger partial charge in [0.05, 0.1) is 6.04 Å². The summed E-state index contributed by atoms with van der Waals surface area (Å²) < 4.78 is 11.2. The van der Waals surface area contributed by atoms with Crippen LogP contribution in [-0.2, 0) is 0 Å². The lowest BCUT2D eigenvalue weighted by Crippen LogP contribution is -2.38. The monoisotopic (exact) mass is 337 g/mol. The van der Waals surface area contributed by atoms with E-state index in [1.165, 1.54) is 6.42 Å². The Morgan fingerprint density at radius 3 is 2.36 bits per heavy atom. The molecule has 0 saturated carbocycles. The Bertz CT molecular complexity index is 738. The van der Waals surface area contributed by atoms with Crippen LogP contribution in [-0.4, -0.2) is 37.0 Å². The molecule has 1 atom stereocenters. The minimum Gasteiger partial charge on any atom is -0.486 e. The van der Waals surface area contributed by atoms with Crippen molar-refractivity contribution in [2.75, 3.05) is 26.3 Å². The number of carbonyl (C=O) groups excluding carboxylic acids is 1. The Morgan fingerprint density at radius 1 is 0.880 bits per heavy atom. The van der Waals surface area contributed by atoms with Gasteiger partial charge in [-0.3, -0.25) is 9.69 Å². The molecule has 0 spiro atoms. The summed E-state index contributed by atoms with van der Waals surface area (Å²) in [4.78, 5) is 15.7. The number of fused-ring (bicyclic) bond motifs is 1. The highest BCUT2D eigenvalue weighted by atomic mass is 16.6. The highest BCUT2D eigenvalue weighted by molar-refractivity contribution is 6.01. The lowest BCUT2D eigenvalue weighted by Gasteiger charge is -2.34. The predicted octanol–water partition coefficient (Wildman–Crippen LogP) is 3.87. The van der Waals surface area contributed by atoms with E-state index >= 15 is 0 Å². The number of benzene rings is 2. The molecule has 2 aliphatic rings. The van der Waals surface area contributed by atoms with Crippen LogP contribution in [0.15, 0.2) is 48.5 Å². The molecule has 0 N–H and O–H groups in total. The van der Waals surface area contributed by atoms with Crippen LogP contribution in [0.25, 0.3) is 0 Å². The van der Waals surface area contributed by atoms with Crippen molar-refractivity contribution in [2.24, 2.45) is 0 Å². The maximum Gasteiger partial charge on any atom is 0.184 e. The Balaban J connectivity index is 1.67. The molecular formula is C21H23NO3. The van der Waals surface area contributed by atoms with Gasteiger partial charge in [0, 0.05) is 5.56 Å². The largest absolute Gasteiger partial charge is 0.486 e. The zero-order valence-corrected chi connectivity index (χ0v) is 14.3. The molecule has 0 radical (unpaired) electrons. The van der Waals surface area contributed by atoms with Crippen LogP contribution >= 0.6 is 0 Å². The molecule has 0 bridgehead atoms. The Kier molecular flexibility index (Phi) is 4.70. The molecule has 25 heavy (non-hydrogen) atoms. The van der Waals surface area contributed by atoms with Gasteiger partial charge in [-0.2, -0.15) is 0 Å². The molecular weight excluding hydrogens is 314 g/mol. The first kappa shape index (κ1) is 16.2. The van der Waals surface area contributed by atoms with Crippen molar-refractivity contribution in [1.29, 1.82) is 0 Å². The molecule has 0 amide bonds. The average molecular weight is 337 g/mol. The van der Waals surface area contributed by atoms with Crippen molar-refractivity contribution in [3.63, 3.8) is 0 Å². The standard InChI is InChI=1S/C21H23NO3/c23-21(17-9-10-18-19(15-17)25-14-13-24-18)20(16-7-3-1-4-8-16)22-11-5-2-6-12-22/h1,3-4,7-10,15,20H,2,5-6,11-14H2. The second kappa shape index (κ2) is 7.28. The van der Waals surface area contributed by atoms with Gasteiger partial charge in [0.2, 0.25) is 0 Å². The summed E-state index contributed by atoms with van der Waals surface area (Å²) in [5.41, 5.74) is 1.74. The number of hydrogen-bond acceptors (Lipinski definition) is 4. The summed E-state index contributed by atoms with van der Waals surface area (Å²) in [7, 11) is 0. The molecule has 1 saturated heterocycles. The summed E-state index contributed by atoms with van der Waals surface area (Å²) in [6.07, 6.45) is 3.55. The summed E-state index contributed by atoms with van der Waals surface area (Å²) in [6.45, 7) is 3.02. The number of nitrogens with zero attached hydrogens (tertiary/aromatic N) is 1. The molecule has 4 nitrogen and oxygen atoms in total. The molecule has 2 aromatic carbocycles. The third-order valence-electron chi connectivity index (χ3n) is 4.95. The van der Waals surface area contributed by atoms with Gasteiger partial charge in [-0.15, -0.1) is 0 Å². The number of ether oxygens (including phenoxy) is 2. The van der Waals surface area contributed by atoms with Crippen LogP contribution < -0.4 is 9.47 Å². The third-order valence-corrected chi connectivity index (χ3v) is 4.95. The van der Waals surface area contributed by atoms with E-state index in [0.29, 0.717) is 24.5 Å². The maximum absolute atomic E-state index is 13.4. The summed E-state index contributed by atoms with van der Waals surface area (Å²) in [5, 5.41) is 0. The zero-order valence-electron chi connectivity index (χ0n) is 14.3. The van der Waals surface area contributed by atoms with Gasteiger partial charge in [-0.05, 0) is 49.7 Å². The van der Waals surface area contributed by atoms with Crippen molar-refractivity contribution < 1.29 is 14.3 Å². The Morgan fingerprint density at radius 2 is 1.60 bits per heavy atom. The first-order valence-corrected chi connectivity index (χ1v) is 9.06. The van der Waals surface area contributed by atoms with E-state index in [-0.39, 0.29) is 11.8 Å². The third kappa shape index (κ3) is 3.40. The summed E-state index contributed by atoms with van der Waals surface area (Å²) in [5.74, 6) is 1.52. The van der Waals surface area contributed by atoms with Crippen LogP contribution in [0.4, 0.5) is 0 Å². The number of Topliss-reactive ketones (excluding diaryl/α,β-unsaturated/α-hetero) is 1. The van der Waals surface area contributed by atoms with Crippen molar-refractivity contribution in [2.45, 2.75) is 25.3 Å². The lowest BCUT2D eigenvalue weighted by molar-refractivity contribution is 0.0781. The zero-order chi connectivity index (χ0) is 17.1. The SMILES string of the molecule is O=C(c1ccc2c(c1)OCCO2)C(c1ccccc1)N1CCCCC1. The molecule has 4 heteroatoms. The van der Waals surface area contributed by atoms with Crippen LogP contribution in [0, 0.1) is 0 Å². The number of carbonyl (C=O) groups is 1. The van der Waals surface area contributed by atoms with Crippen molar-refractivity contribution in [1.82, 2.24) is 4.90 Å². The fraction of sp³-hybridized carbons (Fsp3) is 0.381. The fourth-order valence-corrected chi connectivity index (χ4v) is 3.69. The van der Waals surface area contributed by atoms with Crippen LogP contribution in [0.3, 0.4) is 0 Å². The van der Waals surface area contributed by atoms with Crippen LogP contribution in [0.2, 0.25) is 0 Å². The van der Waals surface area contributed by atoms with Crippen molar-refractivity contribution in [3.05, 3.63) is 59.7 Å². The van der Waals surface area contributed by atoms with E-state index in [2.05, 4.69) is 17.0 Å². The van der Waals surface area contributed by atoms with E-state index in [9.17, 15) is 4.79 Å². The smallest absolute Gasteiger partial charge is 0.184 e. The lowest BCUT2D eigenvalue weighted by atomic mass is 9.94. The van der Waals surface area contributed by atoms with E-state index in [0.717, 1.165) is 37.2 Å². The van der Waals surface area contributed by atoms with Gasteiger partial charge < -0.3 is 9.47 Å². The number of piperidine rings is 1. The fourth-order valence-electron chi connectivity index (χ4n) is 3.69. The van der Waals surface area contributed by atoms with Crippen LogP contribution in [0.1, 0.15) is 41.2 Å². The molecule has 0 aliphatic carbocycles. The quantitative estimate of drug-likeness (QED) is 0.794. The summed E-state index contributed by atoms with van der Waals surface area (Å²) in [6, 6.07) is 15.4. The molecule has 4 rings (SSSR count). The Hall–Kier alpha value is -2.33. The van der Waals surface area contributed by atoms with Crippen LogP contribution in [0.5, 0.6) is 11.5 Å². The number of likely N-dealkylation sites (tertiary alicyclic amines) is 1. The predicted molar refractivity (Wildman–Crippen MR) is 96.4 cm³/mol. The van der Waals surface area contributed by atoms with Gasteiger partial charge in [-0.1, -0.05) is 36.8 Å². The summed E-state index contributed by atoms with van der Waals surface area (Å²) >= 11 is 0. The van der Waals surface area contributed by atoms with Crippen molar-refractivity contribution >= 4 is 5.78 Å². The molecule has 2 aromatic rings. The van der Waals surface area contributed by atoms with Gasteiger partial charge in [0.1, 0.15) is 13.2 Å². The molecule has 2 aliphatic heterocycles. The molecule has 0 aromatic heterocycles. The van der Waals surface area contributed by atoms with E-state index in [1.807, 2.05) is 36.4 Å². The maximum atomic E-state index is 13.4. The Labute approximate surface area is 148 Å². The average Bonchev–Trinajstić information content (AvgIpc) is 2.69. The number of rotatable bonds is 4. The van der Waals surface area contributed by atoms with E-state index in [4.69, 9.17) is 9.47 Å². The highest BCUT2D eigenvalue weighted by Gasteiger charge is 2.30. The van der Waals surface area contributed by atoms with Gasteiger partial charge >= 0.3 is 0 Å². The minimum absolute atomic E-state index is 0.130. The van der Waals surface area contributed by atoms with Gasteiger partial charge in [0.15, 0.2) is 17.3 Å². The second-order valence-corrected chi connectivity index (χ2v) is 6.63. The van der Waals surface area contributed by atoms with E-state index in [1.54, 1.807) is 0 Å². The normalized spacial score (nSPS) is 18.6. The molecule has 130 valence electrons.